The van der Waals surface area contributed by atoms with Crippen LogP contribution < -0.4 is 5.32 Å². The quantitative estimate of drug-likeness (QED) is 0.836. The van der Waals surface area contributed by atoms with E-state index in [0.717, 1.165) is 12.8 Å². The van der Waals surface area contributed by atoms with E-state index in [-0.39, 0.29) is 17.6 Å². The van der Waals surface area contributed by atoms with Crippen LogP contribution in [0.3, 0.4) is 0 Å². The zero-order chi connectivity index (χ0) is 14.8. The van der Waals surface area contributed by atoms with Crippen molar-refractivity contribution in [2.45, 2.75) is 32.6 Å². The van der Waals surface area contributed by atoms with Crippen LogP contribution >= 0.6 is 11.6 Å². The molecule has 0 atom stereocenters. The molecule has 108 valence electrons. The molecule has 5 nitrogen and oxygen atoms in total. The summed E-state index contributed by atoms with van der Waals surface area (Å²) in [6.45, 7) is 1.90. The van der Waals surface area contributed by atoms with Crippen LogP contribution in [0.25, 0.3) is 0 Å². The lowest BCUT2D eigenvalue weighted by atomic mass is 9.86. The summed E-state index contributed by atoms with van der Waals surface area (Å²) in [4.78, 5) is 27.5. The van der Waals surface area contributed by atoms with Gasteiger partial charge in [-0.15, -0.1) is 0 Å². The molecule has 1 fully saturated rings. The van der Waals surface area contributed by atoms with Crippen LogP contribution in [0.15, 0.2) is 12.1 Å². The molecule has 1 aliphatic rings. The lowest BCUT2D eigenvalue weighted by Crippen LogP contribution is -2.41. The molecule has 1 heterocycles. The van der Waals surface area contributed by atoms with Gasteiger partial charge in [-0.05, 0) is 31.9 Å². The molecule has 6 heteroatoms. The molecule has 0 bridgehead atoms. The molecule has 1 aliphatic carbocycles. The first-order chi connectivity index (χ1) is 9.43. The number of carboxylic acid groups (broad SMARTS) is 1. The number of nitrogens with one attached hydrogen (secondary N) is 1. The number of hydrogen-bond donors (Lipinski definition) is 2. The minimum atomic E-state index is -0.834. The molecule has 1 amide bonds. The van der Waals surface area contributed by atoms with Crippen molar-refractivity contribution in [1.82, 2.24) is 10.3 Å². The summed E-state index contributed by atoms with van der Waals surface area (Å²) in [5.74, 6) is -1.15. The van der Waals surface area contributed by atoms with Gasteiger partial charge in [-0.3, -0.25) is 9.59 Å². The van der Waals surface area contributed by atoms with Gasteiger partial charge in [0.1, 0.15) is 5.15 Å². The molecule has 0 aliphatic heterocycles. The smallest absolute Gasteiger partial charge is 0.311 e. The van der Waals surface area contributed by atoms with Gasteiger partial charge in [0, 0.05) is 17.8 Å². The number of halogens is 1. The Hall–Kier alpha value is -1.62. The van der Waals surface area contributed by atoms with Crippen molar-refractivity contribution < 1.29 is 14.7 Å². The summed E-state index contributed by atoms with van der Waals surface area (Å²) in [5.41, 5.74) is 0.235. The van der Waals surface area contributed by atoms with Gasteiger partial charge in [0.25, 0.3) is 5.91 Å². The third-order valence-corrected chi connectivity index (χ3v) is 3.98. The van der Waals surface area contributed by atoms with Crippen LogP contribution in [0.1, 0.15) is 41.7 Å². The number of carbonyl (C=O) groups excluding carboxylic acids is 1. The third kappa shape index (κ3) is 3.10. The van der Waals surface area contributed by atoms with Crippen molar-refractivity contribution in [1.29, 1.82) is 0 Å². The highest BCUT2D eigenvalue weighted by Gasteiger charge is 2.41. The number of rotatable bonds is 4. The van der Waals surface area contributed by atoms with Crippen LogP contribution in [0, 0.1) is 12.3 Å². The molecular formula is C14H17ClN2O3. The summed E-state index contributed by atoms with van der Waals surface area (Å²) in [5, 5.41) is 12.3. The average molecular weight is 297 g/mol. The van der Waals surface area contributed by atoms with E-state index < -0.39 is 11.4 Å². The fraction of sp³-hybridized carbons (Fsp3) is 0.500. The van der Waals surface area contributed by atoms with E-state index >= 15 is 0 Å². The zero-order valence-corrected chi connectivity index (χ0v) is 12.0. The SMILES string of the molecule is Cc1cc(C(=O)NCC2(C(=O)O)CCCC2)cc(Cl)n1. The second-order valence-corrected chi connectivity index (χ2v) is 5.68. The number of aryl methyl sites for hydroxylation is 1. The molecule has 2 N–H and O–H groups in total. The van der Waals surface area contributed by atoms with E-state index in [1.165, 1.54) is 6.07 Å². The monoisotopic (exact) mass is 296 g/mol. The summed E-state index contributed by atoms with van der Waals surface area (Å²) in [6.07, 6.45) is 3.00. The highest BCUT2D eigenvalue weighted by Crippen LogP contribution is 2.37. The van der Waals surface area contributed by atoms with Crippen LogP contribution in [0.5, 0.6) is 0 Å². The van der Waals surface area contributed by atoms with Crippen LogP contribution in [0.2, 0.25) is 5.15 Å². The number of carboxylic acids is 1. The van der Waals surface area contributed by atoms with E-state index in [0.29, 0.717) is 24.1 Å². The minimum absolute atomic E-state index is 0.153. The second-order valence-electron chi connectivity index (χ2n) is 5.30. The standard InChI is InChI=1S/C14H17ClN2O3/c1-9-6-10(7-11(15)17-9)12(18)16-8-14(13(19)20)4-2-3-5-14/h6-7H,2-5,8H2,1H3,(H,16,18)(H,19,20). The van der Waals surface area contributed by atoms with Gasteiger partial charge in [0.05, 0.1) is 5.41 Å². The maximum absolute atomic E-state index is 12.1. The van der Waals surface area contributed by atoms with Gasteiger partial charge in [0.15, 0.2) is 0 Å². The fourth-order valence-corrected chi connectivity index (χ4v) is 2.88. The van der Waals surface area contributed by atoms with Crippen molar-refractivity contribution in [2.75, 3.05) is 6.54 Å². The normalized spacial score (nSPS) is 16.9. The average Bonchev–Trinajstić information content (AvgIpc) is 2.84. The Kier molecular flexibility index (Phi) is 4.28. The van der Waals surface area contributed by atoms with Gasteiger partial charge in [0.2, 0.25) is 0 Å². The Morgan fingerprint density at radius 3 is 2.60 bits per heavy atom. The Bertz CT molecular complexity index is 519. The maximum Gasteiger partial charge on any atom is 0.311 e. The van der Waals surface area contributed by atoms with Crippen molar-refractivity contribution in [3.8, 4) is 0 Å². The number of carbonyl (C=O) groups is 2. The lowest BCUT2D eigenvalue weighted by Gasteiger charge is -2.24. The Morgan fingerprint density at radius 2 is 2.05 bits per heavy atom. The Labute approximate surface area is 122 Å². The zero-order valence-electron chi connectivity index (χ0n) is 11.3. The number of aliphatic carboxylic acids is 1. The number of aromatic nitrogens is 1. The number of amides is 1. The van der Waals surface area contributed by atoms with Crippen molar-refractivity contribution in [3.05, 3.63) is 28.5 Å². The third-order valence-electron chi connectivity index (χ3n) is 3.79. The van der Waals surface area contributed by atoms with Gasteiger partial charge < -0.3 is 10.4 Å². The molecule has 0 spiro atoms. The second kappa shape index (κ2) is 5.79. The Morgan fingerprint density at radius 1 is 1.40 bits per heavy atom. The highest BCUT2D eigenvalue weighted by atomic mass is 35.5. The molecule has 0 unspecified atom stereocenters. The molecule has 1 aromatic rings. The topological polar surface area (TPSA) is 79.3 Å². The maximum atomic E-state index is 12.1. The van der Waals surface area contributed by atoms with Gasteiger partial charge >= 0.3 is 5.97 Å². The van der Waals surface area contributed by atoms with E-state index in [4.69, 9.17) is 11.6 Å². The predicted molar refractivity (Wildman–Crippen MR) is 74.9 cm³/mol. The molecule has 1 aromatic heterocycles. The predicted octanol–water partition coefficient (Wildman–Crippen LogP) is 2.42. The summed E-state index contributed by atoms with van der Waals surface area (Å²) >= 11 is 5.81. The van der Waals surface area contributed by atoms with Crippen molar-refractivity contribution in [2.24, 2.45) is 5.41 Å². The largest absolute Gasteiger partial charge is 0.481 e. The van der Waals surface area contributed by atoms with Crippen LogP contribution in [0.4, 0.5) is 0 Å². The van der Waals surface area contributed by atoms with E-state index in [9.17, 15) is 14.7 Å². The molecule has 0 aromatic carbocycles. The first-order valence-corrected chi connectivity index (χ1v) is 6.96. The molecule has 20 heavy (non-hydrogen) atoms. The first kappa shape index (κ1) is 14.8. The van der Waals surface area contributed by atoms with Gasteiger partial charge in [-0.1, -0.05) is 24.4 Å². The molecule has 2 rings (SSSR count). The van der Waals surface area contributed by atoms with Crippen molar-refractivity contribution >= 4 is 23.5 Å². The van der Waals surface area contributed by atoms with E-state index in [1.54, 1.807) is 13.0 Å². The lowest BCUT2D eigenvalue weighted by molar-refractivity contribution is -0.148. The number of hydrogen-bond acceptors (Lipinski definition) is 3. The number of pyridine rings is 1. The summed E-state index contributed by atoms with van der Waals surface area (Å²) in [7, 11) is 0. The van der Waals surface area contributed by atoms with Gasteiger partial charge in [-0.2, -0.15) is 0 Å². The van der Waals surface area contributed by atoms with Crippen LogP contribution in [-0.4, -0.2) is 28.5 Å². The molecule has 0 radical (unpaired) electrons. The number of nitrogens with zero attached hydrogens (tertiary/aromatic N) is 1. The van der Waals surface area contributed by atoms with Crippen molar-refractivity contribution in [3.63, 3.8) is 0 Å². The molecule has 1 saturated carbocycles. The molecule has 0 saturated heterocycles. The first-order valence-electron chi connectivity index (χ1n) is 6.59. The van der Waals surface area contributed by atoms with E-state index in [1.807, 2.05) is 0 Å². The van der Waals surface area contributed by atoms with E-state index in [2.05, 4.69) is 10.3 Å². The highest BCUT2D eigenvalue weighted by molar-refractivity contribution is 6.29. The summed E-state index contributed by atoms with van der Waals surface area (Å²) in [6, 6.07) is 3.11. The van der Waals surface area contributed by atoms with Gasteiger partial charge in [-0.25, -0.2) is 4.98 Å². The molecular weight excluding hydrogens is 280 g/mol. The fourth-order valence-electron chi connectivity index (χ4n) is 2.63. The Balaban J connectivity index is 2.06. The van der Waals surface area contributed by atoms with Crippen LogP contribution in [-0.2, 0) is 4.79 Å². The minimum Gasteiger partial charge on any atom is -0.481 e. The summed E-state index contributed by atoms with van der Waals surface area (Å²) < 4.78 is 0.